The second-order valence-electron chi connectivity index (χ2n) is 9.41. The predicted molar refractivity (Wildman–Crippen MR) is 110 cm³/mol. The highest BCUT2D eigenvalue weighted by Crippen LogP contribution is 2.32. The SMILES string of the molecule is CCCCCCCCCCC(O)C[C@@H]1COC(C)(C)N1C(=O)OC(C)(C)C. The van der Waals surface area contributed by atoms with Crippen LogP contribution in [0.3, 0.4) is 0 Å². The summed E-state index contributed by atoms with van der Waals surface area (Å²) in [5.41, 5.74) is -1.25. The Bertz CT molecular complexity index is 431. The molecule has 1 N–H and O–H groups in total. The van der Waals surface area contributed by atoms with Crippen molar-refractivity contribution in [3.05, 3.63) is 0 Å². The smallest absolute Gasteiger partial charge is 0.412 e. The van der Waals surface area contributed by atoms with Gasteiger partial charge in [0.1, 0.15) is 11.3 Å². The van der Waals surface area contributed by atoms with E-state index < -0.39 is 17.4 Å². The Labute approximate surface area is 166 Å². The third-order valence-electron chi connectivity index (χ3n) is 5.10. The number of aliphatic hydroxyl groups excluding tert-OH is 1. The van der Waals surface area contributed by atoms with Crippen LogP contribution in [0.2, 0.25) is 0 Å². The highest BCUT2D eigenvalue weighted by molar-refractivity contribution is 5.69. The van der Waals surface area contributed by atoms with Crippen molar-refractivity contribution in [1.29, 1.82) is 0 Å². The van der Waals surface area contributed by atoms with E-state index in [9.17, 15) is 9.90 Å². The quantitative estimate of drug-likeness (QED) is 0.468. The Morgan fingerprint density at radius 1 is 1.15 bits per heavy atom. The van der Waals surface area contributed by atoms with Crippen LogP contribution < -0.4 is 0 Å². The van der Waals surface area contributed by atoms with E-state index in [1.807, 2.05) is 34.6 Å². The standard InChI is InChI=1S/C22H43NO4/c1-7-8-9-10-11-12-13-14-15-19(24)16-18-17-26-22(5,6)23(18)20(25)27-21(2,3)4/h18-19,24H,7-17H2,1-6H3/t18-,19?/m1/s1. The number of ether oxygens (including phenoxy) is 2. The van der Waals surface area contributed by atoms with E-state index in [1.165, 1.54) is 44.9 Å². The minimum absolute atomic E-state index is 0.140. The molecule has 1 amide bonds. The van der Waals surface area contributed by atoms with Crippen LogP contribution in [0.1, 0.15) is 106 Å². The summed E-state index contributed by atoms with van der Waals surface area (Å²) in [6, 6.07) is -0.140. The van der Waals surface area contributed by atoms with Crippen molar-refractivity contribution in [1.82, 2.24) is 4.90 Å². The first-order chi connectivity index (χ1) is 12.6. The summed E-state index contributed by atoms with van der Waals surface area (Å²) in [6.07, 6.45) is 10.6. The maximum absolute atomic E-state index is 12.6. The summed E-state index contributed by atoms with van der Waals surface area (Å²) >= 11 is 0. The van der Waals surface area contributed by atoms with Gasteiger partial charge in [0.05, 0.1) is 18.8 Å². The normalized spacial score (nSPS) is 20.7. The third kappa shape index (κ3) is 9.29. The second kappa shape index (κ2) is 11.3. The molecule has 0 radical (unpaired) electrons. The van der Waals surface area contributed by atoms with Gasteiger partial charge in [-0.3, -0.25) is 4.90 Å². The number of nitrogens with zero attached hydrogens (tertiary/aromatic N) is 1. The lowest BCUT2D eigenvalue weighted by molar-refractivity contribution is -0.0637. The molecule has 1 rings (SSSR count). The largest absolute Gasteiger partial charge is 0.444 e. The first kappa shape index (κ1) is 24.2. The molecule has 1 aliphatic rings. The molecule has 160 valence electrons. The molecule has 27 heavy (non-hydrogen) atoms. The molecule has 5 nitrogen and oxygen atoms in total. The van der Waals surface area contributed by atoms with E-state index in [1.54, 1.807) is 4.90 Å². The summed E-state index contributed by atoms with van der Waals surface area (Å²) in [6.45, 7) is 12.0. The van der Waals surface area contributed by atoms with Crippen molar-refractivity contribution in [3.63, 3.8) is 0 Å². The summed E-state index contributed by atoms with van der Waals surface area (Å²) in [7, 11) is 0. The van der Waals surface area contributed by atoms with Gasteiger partial charge in [0, 0.05) is 0 Å². The molecule has 1 heterocycles. The number of hydrogen-bond acceptors (Lipinski definition) is 4. The first-order valence-electron chi connectivity index (χ1n) is 10.9. The molecule has 0 spiro atoms. The molecule has 0 aliphatic carbocycles. The van der Waals surface area contributed by atoms with Gasteiger partial charge in [-0.25, -0.2) is 4.79 Å². The van der Waals surface area contributed by atoms with Gasteiger partial charge < -0.3 is 14.6 Å². The Morgan fingerprint density at radius 3 is 2.26 bits per heavy atom. The molecular weight excluding hydrogens is 342 g/mol. The zero-order valence-corrected chi connectivity index (χ0v) is 18.6. The number of carbonyl (C=O) groups is 1. The number of carbonyl (C=O) groups excluding carboxylic acids is 1. The third-order valence-corrected chi connectivity index (χ3v) is 5.10. The molecule has 1 fully saturated rings. The topological polar surface area (TPSA) is 59.0 Å². The lowest BCUT2D eigenvalue weighted by Gasteiger charge is -2.35. The van der Waals surface area contributed by atoms with Crippen molar-refractivity contribution in [3.8, 4) is 0 Å². The minimum atomic E-state index is -0.703. The van der Waals surface area contributed by atoms with Crippen LogP contribution in [0.25, 0.3) is 0 Å². The van der Waals surface area contributed by atoms with Crippen LogP contribution >= 0.6 is 0 Å². The Morgan fingerprint density at radius 2 is 1.70 bits per heavy atom. The maximum atomic E-state index is 12.6. The Balaban J connectivity index is 2.36. The van der Waals surface area contributed by atoms with Gasteiger partial charge in [0.25, 0.3) is 0 Å². The number of hydrogen-bond donors (Lipinski definition) is 1. The lowest BCUT2D eigenvalue weighted by atomic mass is 10.0. The van der Waals surface area contributed by atoms with Crippen LogP contribution in [0.4, 0.5) is 4.79 Å². The fourth-order valence-electron chi connectivity index (χ4n) is 3.68. The molecule has 1 saturated heterocycles. The van der Waals surface area contributed by atoms with Gasteiger partial charge in [-0.05, 0) is 47.5 Å². The van der Waals surface area contributed by atoms with Crippen LogP contribution in [-0.4, -0.2) is 46.2 Å². The number of aliphatic hydroxyl groups is 1. The highest BCUT2D eigenvalue weighted by Gasteiger charge is 2.46. The van der Waals surface area contributed by atoms with E-state index in [2.05, 4.69) is 6.92 Å². The van der Waals surface area contributed by atoms with Gasteiger partial charge in [0.15, 0.2) is 0 Å². The molecule has 0 aromatic rings. The monoisotopic (exact) mass is 385 g/mol. The van der Waals surface area contributed by atoms with E-state index in [0.29, 0.717) is 13.0 Å². The van der Waals surface area contributed by atoms with E-state index in [4.69, 9.17) is 9.47 Å². The van der Waals surface area contributed by atoms with Crippen LogP contribution in [0.5, 0.6) is 0 Å². The molecule has 2 atom stereocenters. The summed E-state index contributed by atoms with van der Waals surface area (Å²) < 4.78 is 11.4. The van der Waals surface area contributed by atoms with Gasteiger partial charge in [-0.1, -0.05) is 58.3 Å². The maximum Gasteiger partial charge on any atom is 0.412 e. The Kier molecular flexibility index (Phi) is 10.1. The van der Waals surface area contributed by atoms with Crippen molar-refractivity contribution in [2.24, 2.45) is 0 Å². The average molecular weight is 386 g/mol. The first-order valence-corrected chi connectivity index (χ1v) is 10.9. The summed E-state index contributed by atoms with van der Waals surface area (Å²) in [5, 5.41) is 10.5. The summed E-state index contributed by atoms with van der Waals surface area (Å²) in [4.78, 5) is 14.3. The van der Waals surface area contributed by atoms with Gasteiger partial charge in [-0.2, -0.15) is 0 Å². The van der Waals surface area contributed by atoms with Crippen molar-refractivity contribution in [2.75, 3.05) is 6.61 Å². The molecule has 1 unspecified atom stereocenters. The molecule has 0 saturated carbocycles. The van der Waals surface area contributed by atoms with Crippen molar-refractivity contribution in [2.45, 2.75) is 129 Å². The fourth-order valence-corrected chi connectivity index (χ4v) is 3.68. The summed E-state index contributed by atoms with van der Waals surface area (Å²) in [5.74, 6) is 0. The average Bonchev–Trinajstić information content (AvgIpc) is 2.82. The number of unbranched alkanes of at least 4 members (excludes halogenated alkanes) is 7. The molecule has 1 aliphatic heterocycles. The second-order valence-corrected chi connectivity index (χ2v) is 9.41. The molecule has 0 aromatic heterocycles. The fraction of sp³-hybridized carbons (Fsp3) is 0.955. The van der Waals surface area contributed by atoms with E-state index in [-0.39, 0.29) is 12.1 Å². The lowest BCUT2D eigenvalue weighted by Crippen LogP contribution is -2.50. The molecule has 0 aromatic carbocycles. The Hall–Kier alpha value is -0.810. The zero-order valence-electron chi connectivity index (χ0n) is 18.6. The van der Waals surface area contributed by atoms with Gasteiger partial charge in [-0.15, -0.1) is 0 Å². The molecular formula is C22H43NO4. The highest BCUT2D eigenvalue weighted by atomic mass is 16.6. The number of rotatable bonds is 11. The minimum Gasteiger partial charge on any atom is -0.444 e. The van der Waals surface area contributed by atoms with Crippen LogP contribution in [0.15, 0.2) is 0 Å². The van der Waals surface area contributed by atoms with Gasteiger partial charge in [0.2, 0.25) is 0 Å². The van der Waals surface area contributed by atoms with Crippen LogP contribution in [-0.2, 0) is 9.47 Å². The zero-order chi connectivity index (χ0) is 20.5. The molecule has 0 bridgehead atoms. The van der Waals surface area contributed by atoms with Crippen molar-refractivity contribution < 1.29 is 19.4 Å². The van der Waals surface area contributed by atoms with E-state index >= 15 is 0 Å². The number of amides is 1. The molecule has 5 heteroatoms. The van der Waals surface area contributed by atoms with Crippen molar-refractivity contribution >= 4 is 6.09 Å². The predicted octanol–water partition coefficient (Wildman–Crippen LogP) is 5.64. The van der Waals surface area contributed by atoms with Crippen LogP contribution in [0, 0.1) is 0 Å². The van der Waals surface area contributed by atoms with Gasteiger partial charge >= 0.3 is 6.09 Å². The van der Waals surface area contributed by atoms with E-state index in [0.717, 1.165) is 12.8 Å².